The average molecular weight is 330 g/mol. The summed E-state index contributed by atoms with van der Waals surface area (Å²) >= 11 is 1.54. The molecule has 2 unspecified atom stereocenters. The minimum atomic E-state index is -0.652. The van der Waals surface area contributed by atoms with Gasteiger partial charge in [0.1, 0.15) is 0 Å². The van der Waals surface area contributed by atoms with Crippen LogP contribution in [-0.4, -0.2) is 23.7 Å². The molecule has 5 heteroatoms. The first kappa shape index (κ1) is 16.0. The number of benzene rings is 1. The van der Waals surface area contributed by atoms with E-state index in [1.165, 1.54) is 29.7 Å². The molecule has 0 aliphatic heterocycles. The maximum absolute atomic E-state index is 12.1. The van der Waals surface area contributed by atoms with Crippen LogP contribution in [-0.2, 0) is 6.42 Å². The molecule has 0 radical (unpaired) electrons. The number of amides is 2. The summed E-state index contributed by atoms with van der Waals surface area (Å²) in [4.78, 5) is 12.1. The second-order valence-electron chi connectivity index (χ2n) is 6.06. The average Bonchev–Trinajstić information content (AvgIpc) is 3.27. The number of thiophene rings is 1. The molecule has 3 rings (SSSR count). The van der Waals surface area contributed by atoms with Gasteiger partial charge in [0.25, 0.3) is 0 Å². The Bertz CT molecular complexity index is 611. The first-order valence-corrected chi connectivity index (χ1v) is 8.95. The summed E-state index contributed by atoms with van der Waals surface area (Å²) in [5.41, 5.74) is 2.08. The van der Waals surface area contributed by atoms with Crippen molar-refractivity contribution in [3.63, 3.8) is 0 Å². The van der Waals surface area contributed by atoms with Crippen molar-refractivity contribution >= 4 is 17.4 Å². The van der Waals surface area contributed by atoms with Crippen molar-refractivity contribution in [2.24, 2.45) is 5.92 Å². The van der Waals surface area contributed by atoms with E-state index in [-0.39, 0.29) is 18.6 Å². The highest BCUT2D eigenvalue weighted by Gasteiger charge is 2.32. The molecule has 2 amide bonds. The Kier molecular flexibility index (Phi) is 5.31. The van der Waals surface area contributed by atoms with E-state index in [0.717, 1.165) is 12.0 Å². The molecule has 4 nitrogen and oxygen atoms in total. The number of nitrogens with one attached hydrogen (secondary N) is 2. The van der Waals surface area contributed by atoms with E-state index in [1.807, 2.05) is 35.0 Å². The van der Waals surface area contributed by atoms with Crippen LogP contribution in [0, 0.1) is 5.92 Å². The zero-order valence-electron chi connectivity index (χ0n) is 12.9. The number of aliphatic hydroxyl groups is 1. The van der Waals surface area contributed by atoms with Gasteiger partial charge in [-0.05, 0) is 53.1 Å². The lowest BCUT2D eigenvalue weighted by atomic mass is 10.0. The third-order valence-corrected chi connectivity index (χ3v) is 4.89. The molecule has 3 N–H and O–H groups in total. The van der Waals surface area contributed by atoms with Gasteiger partial charge in [0.05, 0.1) is 6.10 Å². The Morgan fingerprint density at radius 1 is 1.26 bits per heavy atom. The number of carbonyl (C=O) groups is 1. The molecule has 1 aliphatic rings. The summed E-state index contributed by atoms with van der Waals surface area (Å²) < 4.78 is 0. The molecule has 0 saturated heterocycles. The molecule has 0 spiro atoms. The van der Waals surface area contributed by atoms with Gasteiger partial charge in [-0.2, -0.15) is 11.3 Å². The molecule has 1 fully saturated rings. The van der Waals surface area contributed by atoms with Crippen molar-refractivity contribution in [1.29, 1.82) is 0 Å². The van der Waals surface area contributed by atoms with Gasteiger partial charge >= 0.3 is 6.03 Å². The molecule has 1 aromatic heterocycles. The van der Waals surface area contributed by atoms with Gasteiger partial charge < -0.3 is 15.7 Å². The first-order chi connectivity index (χ1) is 11.2. The first-order valence-electron chi connectivity index (χ1n) is 8.01. The minimum absolute atomic E-state index is 0.163. The number of rotatable bonds is 7. The summed E-state index contributed by atoms with van der Waals surface area (Å²) in [5, 5.41) is 19.7. The van der Waals surface area contributed by atoms with Crippen LogP contribution in [0.25, 0.3) is 0 Å². The maximum Gasteiger partial charge on any atom is 0.315 e. The molecule has 2 aromatic rings. The number of hydrogen-bond donors (Lipinski definition) is 3. The smallest absolute Gasteiger partial charge is 0.315 e. The summed E-state index contributed by atoms with van der Waals surface area (Å²) in [6, 6.07) is 12.1. The van der Waals surface area contributed by atoms with E-state index in [9.17, 15) is 9.90 Å². The lowest BCUT2D eigenvalue weighted by Gasteiger charge is -2.19. The van der Waals surface area contributed by atoms with Crippen molar-refractivity contribution in [3.8, 4) is 0 Å². The molecular formula is C18H22N2O2S. The predicted octanol–water partition coefficient (Wildman–Crippen LogP) is 3.10. The monoisotopic (exact) mass is 330 g/mol. The van der Waals surface area contributed by atoms with Crippen LogP contribution in [0.1, 0.15) is 30.1 Å². The third kappa shape index (κ3) is 4.81. The Morgan fingerprint density at radius 2 is 2.04 bits per heavy atom. The van der Waals surface area contributed by atoms with Crippen LogP contribution >= 0.6 is 11.3 Å². The fourth-order valence-corrected chi connectivity index (χ4v) is 3.40. The normalized spacial score (nSPS) is 16.6. The van der Waals surface area contributed by atoms with Crippen molar-refractivity contribution in [1.82, 2.24) is 10.6 Å². The summed E-state index contributed by atoms with van der Waals surface area (Å²) in [7, 11) is 0. The quantitative estimate of drug-likeness (QED) is 0.730. The van der Waals surface area contributed by atoms with Gasteiger partial charge in [-0.15, -0.1) is 0 Å². The summed E-state index contributed by atoms with van der Waals surface area (Å²) in [6.45, 7) is 0.227. The van der Waals surface area contributed by atoms with E-state index in [4.69, 9.17) is 0 Å². The molecule has 23 heavy (non-hydrogen) atoms. The number of urea groups is 1. The summed E-state index contributed by atoms with van der Waals surface area (Å²) in [5.74, 6) is 0.572. The van der Waals surface area contributed by atoms with Crippen LogP contribution in [0.2, 0.25) is 0 Å². The van der Waals surface area contributed by atoms with E-state index >= 15 is 0 Å². The van der Waals surface area contributed by atoms with Crippen LogP contribution in [0.5, 0.6) is 0 Å². The second kappa shape index (κ2) is 7.62. The van der Waals surface area contributed by atoms with Gasteiger partial charge in [0, 0.05) is 12.6 Å². The highest BCUT2D eigenvalue weighted by molar-refractivity contribution is 7.07. The molecule has 1 aromatic carbocycles. The van der Waals surface area contributed by atoms with Crippen LogP contribution < -0.4 is 10.6 Å². The molecule has 1 heterocycles. The minimum Gasteiger partial charge on any atom is -0.387 e. The largest absolute Gasteiger partial charge is 0.387 e. The van der Waals surface area contributed by atoms with E-state index in [2.05, 4.69) is 22.8 Å². The lowest BCUT2D eigenvalue weighted by molar-refractivity contribution is 0.172. The standard InChI is InChI=1S/C18H22N2O2S/c21-17(15-8-9-23-12-15)11-19-18(22)20-16(14-6-7-14)10-13-4-2-1-3-5-13/h1-5,8-9,12,14,16-17,21H,6-7,10-11H2,(H2,19,20,22). The van der Waals surface area contributed by atoms with E-state index in [0.29, 0.717) is 5.92 Å². The zero-order chi connectivity index (χ0) is 16.1. The second-order valence-corrected chi connectivity index (χ2v) is 6.84. The molecule has 0 bridgehead atoms. The molecule has 1 saturated carbocycles. The highest BCUT2D eigenvalue weighted by atomic mass is 32.1. The third-order valence-electron chi connectivity index (χ3n) is 4.19. The van der Waals surface area contributed by atoms with Gasteiger partial charge in [-0.1, -0.05) is 30.3 Å². The Balaban J connectivity index is 1.48. The van der Waals surface area contributed by atoms with Crippen molar-refractivity contribution in [2.45, 2.75) is 31.4 Å². The summed E-state index contributed by atoms with van der Waals surface area (Å²) in [6.07, 6.45) is 2.55. The van der Waals surface area contributed by atoms with Gasteiger partial charge in [0.2, 0.25) is 0 Å². The van der Waals surface area contributed by atoms with Crippen molar-refractivity contribution < 1.29 is 9.90 Å². The van der Waals surface area contributed by atoms with Crippen molar-refractivity contribution in [2.75, 3.05) is 6.54 Å². The topological polar surface area (TPSA) is 61.4 Å². The van der Waals surface area contributed by atoms with Crippen LogP contribution in [0.4, 0.5) is 4.79 Å². The maximum atomic E-state index is 12.1. The van der Waals surface area contributed by atoms with Gasteiger partial charge in [-0.3, -0.25) is 0 Å². The van der Waals surface area contributed by atoms with Gasteiger partial charge in [0.15, 0.2) is 0 Å². The molecule has 1 aliphatic carbocycles. The molecular weight excluding hydrogens is 308 g/mol. The molecule has 2 atom stereocenters. The fourth-order valence-electron chi connectivity index (χ4n) is 2.69. The number of carbonyl (C=O) groups excluding carboxylic acids is 1. The van der Waals surface area contributed by atoms with Gasteiger partial charge in [-0.25, -0.2) is 4.79 Å². The Labute approximate surface area is 140 Å². The SMILES string of the molecule is O=C(NCC(O)c1ccsc1)NC(Cc1ccccc1)C1CC1. The lowest BCUT2D eigenvalue weighted by Crippen LogP contribution is -2.45. The molecule has 122 valence electrons. The van der Waals surface area contributed by atoms with E-state index < -0.39 is 6.10 Å². The van der Waals surface area contributed by atoms with Crippen LogP contribution in [0.3, 0.4) is 0 Å². The predicted molar refractivity (Wildman–Crippen MR) is 92.5 cm³/mol. The van der Waals surface area contributed by atoms with Crippen molar-refractivity contribution in [3.05, 3.63) is 58.3 Å². The zero-order valence-corrected chi connectivity index (χ0v) is 13.8. The Hall–Kier alpha value is -1.85. The fraction of sp³-hybridized carbons (Fsp3) is 0.389. The van der Waals surface area contributed by atoms with Crippen LogP contribution in [0.15, 0.2) is 47.2 Å². The highest BCUT2D eigenvalue weighted by Crippen LogP contribution is 2.34. The van der Waals surface area contributed by atoms with E-state index in [1.54, 1.807) is 0 Å². The number of aliphatic hydroxyl groups excluding tert-OH is 1. The number of hydrogen-bond acceptors (Lipinski definition) is 3. The Morgan fingerprint density at radius 3 is 2.70 bits per heavy atom.